The monoisotopic (exact) mass is 446 g/mol. The minimum absolute atomic E-state index is 0.0800. The normalized spacial score (nSPS) is 17.7. The fourth-order valence-electron chi connectivity index (χ4n) is 3.83. The molecule has 1 aromatic heterocycles. The molecule has 0 bridgehead atoms. The molecule has 32 heavy (non-hydrogen) atoms. The number of amides is 2. The van der Waals surface area contributed by atoms with Crippen LogP contribution in [0.15, 0.2) is 54.0 Å². The molecule has 1 fully saturated rings. The van der Waals surface area contributed by atoms with Crippen molar-refractivity contribution in [3.63, 3.8) is 0 Å². The zero-order valence-corrected chi connectivity index (χ0v) is 18.3. The maximum absolute atomic E-state index is 12.9. The molecule has 0 radical (unpaired) electrons. The van der Waals surface area contributed by atoms with Gasteiger partial charge in [0.1, 0.15) is 6.04 Å². The Labute approximate surface area is 190 Å². The zero-order valence-electron chi connectivity index (χ0n) is 17.5. The number of rotatable bonds is 5. The van der Waals surface area contributed by atoms with Crippen molar-refractivity contribution >= 4 is 23.2 Å². The topological polar surface area (TPSA) is 106 Å². The van der Waals surface area contributed by atoms with Gasteiger partial charge in [0.05, 0.1) is 33.8 Å². The Kier molecular flexibility index (Phi) is 6.30. The van der Waals surface area contributed by atoms with E-state index in [0.29, 0.717) is 17.7 Å². The molecule has 2 amide bonds. The Hall–Kier alpha value is -3.54. The summed E-state index contributed by atoms with van der Waals surface area (Å²) in [6.07, 6.45) is -0.588. The number of thiazole rings is 1. The number of nitrogens with zero attached hydrogens (tertiary/aromatic N) is 3. The number of carbonyl (C=O) groups excluding carboxylic acids is 2. The molecule has 3 aromatic rings. The molecular formula is C24H22N4O3S. The van der Waals surface area contributed by atoms with Crippen molar-refractivity contribution in [3.05, 3.63) is 76.4 Å². The molecule has 0 unspecified atom stereocenters. The van der Waals surface area contributed by atoms with E-state index in [1.165, 1.54) is 11.0 Å². The van der Waals surface area contributed by atoms with E-state index in [2.05, 4.69) is 10.3 Å². The Morgan fingerprint density at radius 2 is 2.06 bits per heavy atom. The van der Waals surface area contributed by atoms with E-state index < -0.39 is 12.1 Å². The number of aryl methyl sites for hydroxylation is 1. The maximum atomic E-state index is 12.9. The molecule has 0 saturated carbocycles. The summed E-state index contributed by atoms with van der Waals surface area (Å²) >= 11 is 1.59. The van der Waals surface area contributed by atoms with Gasteiger partial charge in [0.2, 0.25) is 5.91 Å². The molecule has 4 rings (SSSR count). The van der Waals surface area contributed by atoms with E-state index in [1.807, 2.05) is 42.8 Å². The largest absolute Gasteiger partial charge is 0.391 e. The number of hydrogen-bond donors (Lipinski definition) is 2. The quantitative estimate of drug-likeness (QED) is 0.627. The predicted molar refractivity (Wildman–Crippen MR) is 121 cm³/mol. The molecule has 8 heteroatoms. The first kappa shape index (κ1) is 21.7. The first-order valence-corrected chi connectivity index (χ1v) is 11.1. The molecule has 1 saturated heterocycles. The lowest BCUT2D eigenvalue weighted by atomic mass is 10.1. The maximum Gasteiger partial charge on any atom is 0.254 e. The Morgan fingerprint density at radius 3 is 2.75 bits per heavy atom. The van der Waals surface area contributed by atoms with Gasteiger partial charge in [0.15, 0.2) is 0 Å². The van der Waals surface area contributed by atoms with Gasteiger partial charge in [-0.25, -0.2) is 4.98 Å². The molecule has 1 aliphatic heterocycles. The van der Waals surface area contributed by atoms with Gasteiger partial charge in [-0.05, 0) is 36.2 Å². The highest BCUT2D eigenvalue weighted by molar-refractivity contribution is 7.13. The Bertz CT molecular complexity index is 1180. The van der Waals surface area contributed by atoms with E-state index >= 15 is 0 Å². The summed E-state index contributed by atoms with van der Waals surface area (Å²) in [5, 5.41) is 22.1. The highest BCUT2D eigenvalue weighted by Gasteiger charge is 2.39. The summed E-state index contributed by atoms with van der Waals surface area (Å²) in [6, 6.07) is 15.5. The van der Waals surface area contributed by atoms with Crippen LogP contribution in [0, 0.1) is 18.3 Å². The highest BCUT2D eigenvalue weighted by atomic mass is 32.1. The number of aromatic nitrogens is 1. The van der Waals surface area contributed by atoms with Gasteiger partial charge in [-0.3, -0.25) is 9.59 Å². The van der Waals surface area contributed by atoms with Crippen LogP contribution < -0.4 is 5.32 Å². The fourth-order valence-corrected chi connectivity index (χ4v) is 4.65. The number of nitrogens with one attached hydrogen (secondary N) is 1. The van der Waals surface area contributed by atoms with Gasteiger partial charge in [0, 0.05) is 25.1 Å². The van der Waals surface area contributed by atoms with Gasteiger partial charge in [-0.1, -0.05) is 30.3 Å². The number of nitriles is 1. The number of aliphatic hydroxyl groups is 1. The molecule has 0 aliphatic carbocycles. The van der Waals surface area contributed by atoms with E-state index in [9.17, 15) is 14.7 Å². The summed E-state index contributed by atoms with van der Waals surface area (Å²) in [5.74, 6) is -0.684. The van der Waals surface area contributed by atoms with Gasteiger partial charge < -0.3 is 15.3 Å². The smallest absolute Gasteiger partial charge is 0.254 e. The van der Waals surface area contributed by atoms with Crippen LogP contribution in [0.4, 0.5) is 0 Å². The molecule has 1 aliphatic rings. The lowest BCUT2D eigenvalue weighted by molar-refractivity contribution is -0.125. The SMILES string of the molecule is Cc1ncsc1-c1ccc(CNC(=O)[C@@H]2C[C@@H](O)CN2C(=O)c2cccc(C#N)c2)cc1. The summed E-state index contributed by atoms with van der Waals surface area (Å²) in [6.45, 7) is 2.37. The number of aliphatic hydroxyl groups excluding tert-OH is 1. The second-order valence-electron chi connectivity index (χ2n) is 7.74. The lowest BCUT2D eigenvalue weighted by Gasteiger charge is -2.24. The second-order valence-corrected chi connectivity index (χ2v) is 8.59. The molecule has 7 nitrogen and oxygen atoms in total. The second kappa shape index (κ2) is 9.30. The van der Waals surface area contributed by atoms with E-state index in [4.69, 9.17) is 5.26 Å². The molecule has 2 heterocycles. The first-order valence-electron chi connectivity index (χ1n) is 10.2. The zero-order chi connectivity index (χ0) is 22.7. The van der Waals surface area contributed by atoms with Gasteiger partial charge >= 0.3 is 0 Å². The van der Waals surface area contributed by atoms with Crippen LogP contribution in [0.2, 0.25) is 0 Å². The van der Waals surface area contributed by atoms with Crippen LogP contribution in [-0.4, -0.2) is 45.5 Å². The molecule has 2 atom stereocenters. The van der Waals surface area contributed by atoms with Crippen LogP contribution >= 0.6 is 11.3 Å². The third kappa shape index (κ3) is 4.54. The summed E-state index contributed by atoms with van der Waals surface area (Å²) in [4.78, 5) is 32.6. The number of benzene rings is 2. The van der Waals surface area contributed by atoms with Gasteiger partial charge in [0.25, 0.3) is 5.91 Å². The third-order valence-corrected chi connectivity index (χ3v) is 6.49. The Balaban J connectivity index is 1.42. The van der Waals surface area contributed by atoms with Crippen LogP contribution in [-0.2, 0) is 11.3 Å². The summed E-state index contributed by atoms with van der Waals surface area (Å²) in [5.41, 5.74) is 5.51. The average molecular weight is 447 g/mol. The minimum Gasteiger partial charge on any atom is -0.391 e. The summed E-state index contributed by atoms with van der Waals surface area (Å²) < 4.78 is 0. The standard InChI is InChI=1S/C24H22N4O3S/c1-15-22(32-14-27-15)18-7-5-16(6-8-18)12-26-23(30)21-10-20(29)13-28(21)24(31)19-4-2-3-17(9-19)11-25/h2-9,14,20-21,29H,10,12-13H2,1H3,(H,26,30)/t20-,21+/m1/s1. The van der Waals surface area contributed by atoms with Crippen molar-refractivity contribution in [3.8, 4) is 16.5 Å². The van der Waals surface area contributed by atoms with Crippen LogP contribution in [0.5, 0.6) is 0 Å². The molecule has 0 spiro atoms. The number of β-amino-alcohol motifs (C(OH)–C–C–N with tert-alkyl or cyclic N) is 1. The lowest BCUT2D eigenvalue weighted by Crippen LogP contribution is -2.45. The van der Waals surface area contributed by atoms with E-state index in [1.54, 1.807) is 29.5 Å². The molecule has 162 valence electrons. The number of likely N-dealkylation sites (tertiary alicyclic amines) is 1. The van der Waals surface area contributed by atoms with E-state index in [-0.39, 0.29) is 24.8 Å². The van der Waals surface area contributed by atoms with Crippen LogP contribution in [0.3, 0.4) is 0 Å². The van der Waals surface area contributed by atoms with Gasteiger partial charge in [-0.15, -0.1) is 11.3 Å². The number of carbonyl (C=O) groups is 2. The van der Waals surface area contributed by atoms with Crippen molar-refractivity contribution in [2.75, 3.05) is 6.54 Å². The van der Waals surface area contributed by atoms with Crippen LogP contribution in [0.25, 0.3) is 10.4 Å². The van der Waals surface area contributed by atoms with Crippen molar-refractivity contribution in [1.29, 1.82) is 5.26 Å². The minimum atomic E-state index is -0.768. The Morgan fingerprint density at radius 1 is 1.28 bits per heavy atom. The average Bonchev–Trinajstić information content (AvgIpc) is 3.42. The summed E-state index contributed by atoms with van der Waals surface area (Å²) in [7, 11) is 0. The first-order chi connectivity index (χ1) is 15.5. The van der Waals surface area contributed by atoms with Crippen molar-refractivity contribution in [2.45, 2.75) is 32.0 Å². The van der Waals surface area contributed by atoms with Crippen molar-refractivity contribution in [1.82, 2.24) is 15.2 Å². The third-order valence-electron chi connectivity index (χ3n) is 5.51. The van der Waals surface area contributed by atoms with Crippen molar-refractivity contribution < 1.29 is 14.7 Å². The predicted octanol–water partition coefficient (Wildman–Crippen LogP) is 2.88. The fraction of sp³-hybridized carbons (Fsp3) is 0.250. The van der Waals surface area contributed by atoms with Crippen molar-refractivity contribution in [2.24, 2.45) is 0 Å². The highest BCUT2D eigenvalue weighted by Crippen LogP contribution is 2.27. The molecule has 2 N–H and O–H groups in total. The number of hydrogen-bond acceptors (Lipinski definition) is 6. The molecular weight excluding hydrogens is 424 g/mol. The van der Waals surface area contributed by atoms with E-state index in [0.717, 1.165) is 21.7 Å². The van der Waals surface area contributed by atoms with Gasteiger partial charge in [-0.2, -0.15) is 5.26 Å². The van der Waals surface area contributed by atoms with Crippen LogP contribution in [0.1, 0.15) is 33.6 Å². The molecule has 2 aromatic carbocycles.